The zero-order valence-electron chi connectivity index (χ0n) is 22.7. The van der Waals surface area contributed by atoms with E-state index < -0.39 is 29.0 Å². The van der Waals surface area contributed by atoms with Crippen LogP contribution in [0.1, 0.15) is 99.3 Å². The highest BCUT2D eigenvalue weighted by Gasteiger charge is 2.70. The van der Waals surface area contributed by atoms with Crippen molar-refractivity contribution in [3.8, 4) is 0 Å². The van der Waals surface area contributed by atoms with E-state index in [1.165, 1.54) is 5.57 Å². The van der Waals surface area contributed by atoms with E-state index in [2.05, 4.69) is 40.7 Å². The van der Waals surface area contributed by atoms with E-state index in [4.69, 9.17) is 0 Å². The van der Waals surface area contributed by atoms with Crippen molar-refractivity contribution < 1.29 is 25.2 Å². The standard InChI is InChI=1S/C30H48O5/c1-25(2)11-13-30(24(34)35)14-12-28(5)18(19(30)15-25)7-8-22-26(3)16-20(32)23(33)27(4,17-31)21(26)9-10-29(22,28)6/h7,19-23,31-33H,8-17H2,1-6H3,(H,34,35)/t19-,20+,21-,22-,23-,26-,27-,28+,29-,30-/m0/s1. The van der Waals surface area contributed by atoms with E-state index in [1.54, 1.807) is 0 Å². The van der Waals surface area contributed by atoms with Gasteiger partial charge in [0.25, 0.3) is 0 Å². The highest BCUT2D eigenvalue weighted by atomic mass is 16.4. The third-order valence-corrected chi connectivity index (χ3v) is 13.2. The van der Waals surface area contributed by atoms with Crippen molar-refractivity contribution in [2.75, 3.05) is 6.61 Å². The normalized spacial score (nSPS) is 55.0. The Balaban J connectivity index is 1.61. The van der Waals surface area contributed by atoms with Gasteiger partial charge in [-0.1, -0.05) is 53.2 Å². The molecule has 0 amide bonds. The highest BCUT2D eigenvalue weighted by molar-refractivity contribution is 5.76. The Morgan fingerprint density at radius 3 is 2.23 bits per heavy atom. The summed E-state index contributed by atoms with van der Waals surface area (Å²) in [5.74, 6) is -0.0472. The Bertz CT molecular complexity index is 941. The van der Waals surface area contributed by atoms with Crippen LogP contribution in [0, 0.1) is 50.2 Å². The largest absolute Gasteiger partial charge is 0.481 e. The maximum absolute atomic E-state index is 12.8. The second-order valence-corrected chi connectivity index (χ2v) is 15.1. The molecule has 4 N–H and O–H groups in total. The van der Waals surface area contributed by atoms with E-state index >= 15 is 0 Å². The summed E-state index contributed by atoms with van der Waals surface area (Å²) in [7, 11) is 0. The molecule has 0 aliphatic heterocycles. The Hall–Kier alpha value is -0.910. The first-order valence-electron chi connectivity index (χ1n) is 14.0. The Kier molecular flexibility index (Phi) is 5.56. The van der Waals surface area contributed by atoms with Crippen molar-refractivity contribution in [3.63, 3.8) is 0 Å². The van der Waals surface area contributed by atoms with Crippen LogP contribution in [0.25, 0.3) is 0 Å². The molecule has 0 aromatic heterocycles. The third kappa shape index (κ3) is 3.07. The summed E-state index contributed by atoms with van der Waals surface area (Å²) in [5.41, 5.74) is -0.0632. The van der Waals surface area contributed by atoms with Gasteiger partial charge in [0.2, 0.25) is 0 Å². The molecule has 0 heterocycles. The predicted octanol–water partition coefficient (Wildman–Crippen LogP) is 5.18. The van der Waals surface area contributed by atoms with E-state index in [1.807, 2.05) is 6.92 Å². The Labute approximate surface area is 211 Å². The van der Waals surface area contributed by atoms with Crippen LogP contribution < -0.4 is 0 Å². The fourth-order valence-corrected chi connectivity index (χ4v) is 10.8. The lowest BCUT2D eigenvalue weighted by atomic mass is 9.33. The molecule has 0 aromatic rings. The van der Waals surface area contributed by atoms with Gasteiger partial charge in [-0.3, -0.25) is 4.79 Å². The van der Waals surface area contributed by atoms with Crippen LogP contribution in [-0.4, -0.2) is 45.2 Å². The number of aliphatic carboxylic acids is 1. The van der Waals surface area contributed by atoms with Gasteiger partial charge in [0.05, 0.1) is 24.2 Å². The second-order valence-electron chi connectivity index (χ2n) is 15.1. The summed E-state index contributed by atoms with van der Waals surface area (Å²) in [6.45, 7) is 13.6. The lowest BCUT2D eigenvalue weighted by Crippen LogP contribution is -2.68. The molecule has 4 saturated carbocycles. The second kappa shape index (κ2) is 7.57. The third-order valence-electron chi connectivity index (χ3n) is 13.2. The van der Waals surface area contributed by atoms with Gasteiger partial charge in [-0.05, 0) is 97.2 Å². The zero-order chi connectivity index (χ0) is 25.8. The van der Waals surface area contributed by atoms with Gasteiger partial charge in [-0.25, -0.2) is 0 Å². The molecule has 0 bridgehead atoms. The Morgan fingerprint density at radius 1 is 0.943 bits per heavy atom. The lowest BCUT2D eigenvalue weighted by molar-refractivity contribution is -0.243. The number of hydrogen-bond donors (Lipinski definition) is 4. The van der Waals surface area contributed by atoms with Crippen molar-refractivity contribution in [2.45, 2.75) is 112 Å². The highest BCUT2D eigenvalue weighted by Crippen LogP contribution is 2.75. The van der Waals surface area contributed by atoms with Crippen LogP contribution in [0.15, 0.2) is 11.6 Å². The number of aliphatic hydroxyl groups excluding tert-OH is 3. The number of carbonyl (C=O) groups is 1. The number of allylic oxidation sites excluding steroid dienone is 2. The molecular weight excluding hydrogens is 440 g/mol. The quantitative estimate of drug-likeness (QED) is 0.402. The first kappa shape index (κ1) is 25.7. The fourth-order valence-electron chi connectivity index (χ4n) is 10.8. The monoisotopic (exact) mass is 488 g/mol. The molecular formula is C30H48O5. The van der Waals surface area contributed by atoms with E-state index in [-0.39, 0.29) is 40.1 Å². The molecule has 5 rings (SSSR count). The van der Waals surface area contributed by atoms with Gasteiger partial charge in [-0.2, -0.15) is 0 Å². The maximum Gasteiger partial charge on any atom is 0.310 e. The number of hydrogen-bond acceptors (Lipinski definition) is 4. The maximum atomic E-state index is 12.8. The number of carboxylic acids is 1. The summed E-state index contributed by atoms with van der Waals surface area (Å²) in [6, 6.07) is 0. The van der Waals surface area contributed by atoms with Crippen LogP contribution >= 0.6 is 0 Å². The topological polar surface area (TPSA) is 98.0 Å². The van der Waals surface area contributed by atoms with Gasteiger partial charge < -0.3 is 20.4 Å². The number of carboxylic acid groups (broad SMARTS) is 1. The minimum atomic E-state index is -0.907. The molecule has 5 aliphatic carbocycles. The number of aliphatic hydroxyl groups is 3. The van der Waals surface area contributed by atoms with E-state index in [0.717, 1.165) is 51.4 Å². The molecule has 5 nitrogen and oxygen atoms in total. The van der Waals surface area contributed by atoms with Crippen molar-refractivity contribution >= 4 is 5.97 Å². The van der Waals surface area contributed by atoms with Gasteiger partial charge in [-0.15, -0.1) is 0 Å². The minimum absolute atomic E-state index is 0.00698. The smallest absolute Gasteiger partial charge is 0.310 e. The Morgan fingerprint density at radius 2 is 1.60 bits per heavy atom. The average molecular weight is 489 g/mol. The molecule has 5 heteroatoms. The molecule has 10 atom stereocenters. The van der Waals surface area contributed by atoms with E-state index in [9.17, 15) is 25.2 Å². The van der Waals surface area contributed by atoms with Gasteiger partial charge in [0.15, 0.2) is 0 Å². The van der Waals surface area contributed by atoms with Crippen molar-refractivity contribution in [1.29, 1.82) is 0 Å². The fraction of sp³-hybridized carbons (Fsp3) is 0.900. The van der Waals surface area contributed by atoms with Crippen LogP contribution in [0.5, 0.6) is 0 Å². The van der Waals surface area contributed by atoms with Crippen LogP contribution in [0.2, 0.25) is 0 Å². The summed E-state index contributed by atoms with van der Waals surface area (Å²) in [5, 5.41) is 42.8. The number of rotatable bonds is 2. The van der Waals surface area contributed by atoms with E-state index in [0.29, 0.717) is 12.3 Å². The molecule has 0 spiro atoms. The molecule has 0 saturated heterocycles. The first-order chi connectivity index (χ1) is 16.1. The minimum Gasteiger partial charge on any atom is -0.481 e. The molecule has 198 valence electrons. The first-order valence-corrected chi connectivity index (χ1v) is 14.0. The van der Waals surface area contributed by atoms with Crippen molar-refractivity contribution in [1.82, 2.24) is 0 Å². The van der Waals surface area contributed by atoms with Gasteiger partial charge in [0, 0.05) is 5.41 Å². The molecule has 5 aliphatic rings. The van der Waals surface area contributed by atoms with Crippen LogP contribution in [0.3, 0.4) is 0 Å². The van der Waals surface area contributed by atoms with Gasteiger partial charge >= 0.3 is 5.97 Å². The number of fused-ring (bicyclic) bond motifs is 7. The molecule has 0 unspecified atom stereocenters. The SMILES string of the molecule is CC1(C)CC[C@]2(C(=O)O)CC[C@]3(C)C(=CC[C@H]4[C@@]5(C)C[C@@H](O)[C@H](O)[C@@](C)(CO)[C@H]5CC[C@@]43C)[C@@H]2C1. The zero-order valence-corrected chi connectivity index (χ0v) is 22.7. The molecule has 35 heavy (non-hydrogen) atoms. The van der Waals surface area contributed by atoms with Crippen LogP contribution in [0.4, 0.5) is 0 Å². The van der Waals surface area contributed by atoms with Crippen LogP contribution in [-0.2, 0) is 4.79 Å². The summed E-state index contributed by atoms with van der Waals surface area (Å²) >= 11 is 0. The molecule has 0 aromatic carbocycles. The molecule has 4 fully saturated rings. The average Bonchev–Trinajstić information content (AvgIpc) is 2.77. The predicted molar refractivity (Wildman–Crippen MR) is 135 cm³/mol. The lowest BCUT2D eigenvalue weighted by Gasteiger charge is -2.71. The van der Waals surface area contributed by atoms with Crippen molar-refractivity contribution in [3.05, 3.63) is 11.6 Å². The summed E-state index contributed by atoms with van der Waals surface area (Å²) in [4.78, 5) is 12.8. The summed E-state index contributed by atoms with van der Waals surface area (Å²) < 4.78 is 0. The van der Waals surface area contributed by atoms with Crippen molar-refractivity contribution in [2.24, 2.45) is 50.2 Å². The summed E-state index contributed by atoms with van der Waals surface area (Å²) in [6.07, 6.45) is 8.40. The molecule has 0 radical (unpaired) electrons. The van der Waals surface area contributed by atoms with Gasteiger partial charge in [0.1, 0.15) is 0 Å².